The molecule has 2 aromatic carbocycles. The molecule has 2 aromatic rings. The minimum atomic E-state index is -0.679. The fourth-order valence-corrected chi connectivity index (χ4v) is 4.61. The van der Waals surface area contributed by atoms with E-state index in [4.69, 9.17) is 4.74 Å². The lowest BCUT2D eigenvalue weighted by Crippen LogP contribution is -2.65. The number of ether oxygens (including phenoxy) is 1. The standard InChI is InChI=1S/C24H25FN6O4/c1-28-21-20(22(33)29(2)24(28)34)30-12-18(16-8-10-17(25)11-9-16)27-31(23(30)26-21)13-19(32)35-14-15-6-4-3-5-7-15/h3-11,20-21,23,26H,12-14H2,1-2H3. The number of fused-ring (bicyclic) bond motifs is 3. The minimum absolute atomic E-state index is 0.121. The van der Waals surface area contributed by atoms with Gasteiger partial charge in [0.1, 0.15) is 31.2 Å². The Morgan fingerprint density at radius 2 is 1.83 bits per heavy atom. The maximum Gasteiger partial charge on any atom is 0.327 e. The number of urea groups is 1. The molecule has 0 saturated carbocycles. The van der Waals surface area contributed by atoms with Crippen molar-refractivity contribution in [2.24, 2.45) is 5.10 Å². The molecule has 0 bridgehead atoms. The van der Waals surface area contributed by atoms with E-state index < -0.39 is 30.5 Å². The molecule has 182 valence electrons. The highest BCUT2D eigenvalue weighted by Crippen LogP contribution is 2.30. The lowest BCUT2D eigenvalue weighted by molar-refractivity contribution is -0.148. The van der Waals surface area contributed by atoms with Crippen LogP contribution >= 0.6 is 0 Å². The first-order valence-electron chi connectivity index (χ1n) is 11.2. The summed E-state index contributed by atoms with van der Waals surface area (Å²) in [4.78, 5) is 42.8. The number of hydrogen-bond donors (Lipinski definition) is 1. The van der Waals surface area contributed by atoms with Gasteiger partial charge < -0.3 is 9.64 Å². The molecular weight excluding hydrogens is 455 g/mol. The summed E-state index contributed by atoms with van der Waals surface area (Å²) in [6, 6.07) is 14.1. The molecule has 0 radical (unpaired) electrons. The van der Waals surface area contributed by atoms with Crippen LogP contribution in [0, 0.1) is 5.82 Å². The lowest BCUT2D eigenvalue weighted by atomic mass is 10.1. The molecule has 3 atom stereocenters. The van der Waals surface area contributed by atoms with Gasteiger partial charge in [0.15, 0.2) is 6.29 Å². The Bertz CT molecular complexity index is 1170. The first-order valence-corrected chi connectivity index (χ1v) is 11.2. The molecule has 10 nitrogen and oxygen atoms in total. The SMILES string of the molecule is CN1C(=O)C2C(NC3N(CC(=O)OCc4ccccc4)N=C(c4ccc(F)cc4)CN23)N(C)C1=O. The fraction of sp³-hybridized carbons (Fsp3) is 0.333. The molecular formula is C24H25FN6O4. The quantitative estimate of drug-likeness (QED) is 0.638. The molecule has 2 saturated heterocycles. The van der Waals surface area contributed by atoms with Crippen LogP contribution in [0.25, 0.3) is 0 Å². The third-order valence-corrected chi connectivity index (χ3v) is 6.45. The largest absolute Gasteiger partial charge is 0.459 e. The van der Waals surface area contributed by atoms with Crippen LogP contribution in [0.3, 0.4) is 0 Å². The third-order valence-electron chi connectivity index (χ3n) is 6.45. The van der Waals surface area contributed by atoms with Crippen molar-refractivity contribution in [3.63, 3.8) is 0 Å². The van der Waals surface area contributed by atoms with Gasteiger partial charge in [-0.3, -0.25) is 24.8 Å². The molecule has 0 aliphatic carbocycles. The van der Waals surface area contributed by atoms with Crippen molar-refractivity contribution in [3.05, 3.63) is 71.5 Å². The van der Waals surface area contributed by atoms with Crippen molar-refractivity contribution in [3.8, 4) is 0 Å². The molecule has 3 amide bonds. The number of likely N-dealkylation sites (N-methyl/N-ethyl adjacent to an activating group) is 2. The van der Waals surface area contributed by atoms with Crippen LogP contribution in [0.1, 0.15) is 11.1 Å². The van der Waals surface area contributed by atoms with Crippen molar-refractivity contribution in [2.75, 3.05) is 27.2 Å². The number of hydrogen-bond acceptors (Lipinski definition) is 8. The van der Waals surface area contributed by atoms with E-state index in [-0.39, 0.29) is 31.4 Å². The number of amides is 3. The fourth-order valence-electron chi connectivity index (χ4n) is 4.61. The van der Waals surface area contributed by atoms with Crippen LogP contribution in [0.4, 0.5) is 9.18 Å². The molecule has 3 aliphatic rings. The van der Waals surface area contributed by atoms with Gasteiger partial charge in [-0.2, -0.15) is 5.10 Å². The van der Waals surface area contributed by atoms with Gasteiger partial charge >= 0.3 is 12.0 Å². The Kier molecular flexibility index (Phi) is 5.95. The summed E-state index contributed by atoms with van der Waals surface area (Å²) in [7, 11) is 3.07. The molecule has 11 heteroatoms. The molecule has 0 aromatic heterocycles. The number of imide groups is 1. The van der Waals surface area contributed by atoms with Crippen LogP contribution in [0.2, 0.25) is 0 Å². The molecule has 3 heterocycles. The maximum atomic E-state index is 13.5. The number of nitrogens with one attached hydrogen (secondary N) is 1. The first kappa shape index (κ1) is 22.9. The molecule has 5 rings (SSSR count). The second-order valence-corrected chi connectivity index (χ2v) is 8.69. The monoisotopic (exact) mass is 480 g/mol. The van der Waals surface area contributed by atoms with Crippen molar-refractivity contribution in [1.29, 1.82) is 0 Å². The predicted octanol–water partition coefficient (Wildman–Crippen LogP) is 0.996. The van der Waals surface area contributed by atoms with E-state index in [9.17, 15) is 18.8 Å². The van der Waals surface area contributed by atoms with Gasteiger partial charge in [0.25, 0.3) is 5.91 Å². The lowest BCUT2D eigenvalue weighted by Gasteiger charge is -2.41. The Morgan fingerprint density at radius 1 is 1.11 bits per heavy atom. The average Bonchev–Trinajstić information content (AvgIpc) is 3.26. The van der Waals surface area contributed by atoms with Gasteiger partial charge in [0, 0.05) is 20.6 Å². The summed E-state index contributed by atoms with van der Waals surface area (Å²) >= 11 is 0. The summed E-state index contributed by atoms with van der Waals surface area (Å²) in [5, 5.41) is 9.44. The smallest absolute Gasteiger partial charge is 0.327 e. The number of benzene rings is 2. The highest BCUT2D eigenvalue weighted by atomic mass is 19.1. The van der Waals surface area contributed by atoms with Crippen molar-refractivity contribution >= 4 is 23.6 Å². The summed E-state index contributed by atoms with van der Waals surface area (Å²) in [5.74, 6) is -1.22. The molecule has 2 fully saturated rings. The van der Waals surface area contributed by atoms with E-state index in [2.05, 4.69) is 10.4 Å². The summed E-state index contributed by atoms with van der Waals surface area (Å²) in [6.07, 6.45) is -1.22. The number of esters is 1. The van der Waals surface area contributed by atoms with Gasteiger partial charge in [-0.1, -0.05) is 42.5 Å². The maximum absolute atomic E-state index is 13.5. The highest BCUT2D eigenvalue weighted by Gasteiger charge is 2.56. The van der Waals surface area contributed by atoms with Crippen LogP contribution < -0.4 is 5.32 Å². The van der Waals surface area contributed by atoms with Gasteiger partial charge in [-0.15, -0.1) is 0 Å². The van der Waals surface area contributed by atoms with Crippen LogP contribution in [0.5, 0.6) is 0 Å². The molecule has 3 unspecified atom stereocenters. The second kappa shape index (κ2) is 9.08. The summed E-state index contributed by atoms with van der Waals surface area (Å²) in [6.45, 7) is 0.199. The van der Waals surface area contributed by atoms with Gasteiger partial charge in [-0.25, -0.2) is 14.1 Å². The third kappa shape index (κ3) is 4.24. The zero-order valence-electron chi connectivity index (χ0n) is 19.3. The number of hydrazone groups is 1. The highest BCUT2D eigenvalue weighted by molar-refractivity contribution is 6.04. The van der Waals surface area contributed by atoms with Crippen LogP contribution in [-0.4, -0.2) is 89.0 Å². The van der Waals surface area contributed by atoms with Crippen molar-refractivity contribution < 1.29 is 23.5 Å². The Balaban J connectivity index is 1.42. The molecule has 35 heavy (non-hydrogen) atoms. The Morgan fingerprint density at radius 3 is 2.54 bits per heavy atom. The van der Waals surface area contributed by atoms with Crippen LogP contribution in [-0.2, 0) is 20.9 Å². The van der Waals surface area contributed by atoms with E-state index in [1.54, 1.807) is 19.2 Å². The normalized spacial score (nSPS) is 24.3. The van der Waals surface area contributed by atoms with E-state index in [1.807, 2.05) is 35.2 Å². The minimum Gasteiger partial charge on any atom is -0.459 e. The first-order chi connectivity index (χ1) is 16.8. The van der Waals surface area contributed by atoms with Crippen LogP contribution in [0.15, 0.2) is 59.7 Å². The molecule has 3 aliphatic heterocycles. The van der Waals surface area contributed by atoms with Crippen molar-refractivity contribution in [2.45, 2.75) is 25.1 Å². The van der Waals surface area contributed by atoms with Crippen molar-refractivity contribution in [1.82, 2.24) is 25.0 Å². The van der Waals surface area contributed by atoms with E-state index in [0.29, 0.717) is 11.3 Å². The zero-order chi connectivity index (χ0) is 24.7. The zero-order valence-corrected chi connectivity index (χ0v) is 19.3. The Labute approximate surface area is 201 Å². The number of nitrogens with zero attached hydrogens (tertiary/aromatic N) is 5. The number of carbonyl (C=O) groups excluding carboxylic acids is 3. The number of halogens is 1. The van der Waals surface area contributed by atoms with E-state index in [0.717, 1.165) is 10.5 Å². The second-order valence-electron chi connectivity index (χ2n) is 8.69. The summed E-state index contributed by atoms with van der Waals surface area (Å²) in [5.41, 5.74) is 2.09. The molecule has 0 spiro atoms. The van der Waals surface area contributed by atoms with Gasteiger partial charge in [0.05, 0.1) is 5.71 Å². The number of carbonyl (C=O) groups is 3. The van der Waals surface area contributed by atoms with Gasteiger partial charge in [0.2, 0.25) is 0 Å². The van der Waals surface area contributed by atoms with E-state index >= 15 is 0 Å². The predicted molar refractivity (Wildman–Crippen MR) is 123 cm³/mol. The average molecular weight is 481 g/mol. The van der Waals surface area contributed by atoms with E-state index in [1.165, 1.54) is 29.1 Å². The Hall–Kier alpha value is -3.83. The number of rotatable bonds is 5. The summed E-state index contributed by atoms with van der Waals surface area (Å²) < 4.78 is 19.0. The topological polar surface area (TPSA) is 97.8 Å². The van der Waals surface area contributed by atoms with Gasteiger partial charge in [-0.05, 0) is 23.3 Å². The molecule has 1 N–H and O–H groups in total.